The van der Waals surface area contributed by atoms with Gasteiger partial charge in [0.05, 0.1) is 4.88 Å². The number of thiophene rings is 1. The first-order valence-electron chi connectivity index (χ1n) is 7.98. The molecule has 3 aromatic rings. The van der Waals surface area contributed by atoms with E-state index >= 15 is 0 Å². The molecule has 25 heavy (non-hydrogen) atoms. The maximum Gasteiger partial charge on any atom is 0.265 e. The van der Waals surface area contributed by atoms with E-state index in [0.29, 0.717) is 17.0 Å². The molecule has 4 N–H and O–H groups in total. The molecule has 0 aliphatic rings. The van der Waals surface area contributed by atoms with Crippen molar-refractivity contribution in [1.82, 2.24) is 0 Å². The van der Waals surface area contributed by atoms with Crippen molar-refractivity contribution in [2.45, 2.75) is 19.4 Å². The van der Waals surface area contributed by atoms with Gasteiger partial charge in [-0.05, 0) is 36.8 Å². The molecule has 128 valence electrons. The summed E-state index contributed by atoms with van der Waals surface area (Å²) in [4.78, 5) is 13.2. The summed E-state index contributed by atoms with van der Waals surface area (Å²) in [7, 11) is 0. The highest BCUT2D eigenvalue weighted by Gasteiger charge is 2.20. The van der Waals surface area contributed by atoms with Gasteiger partial charge in [0.1, 0.15) is 11.6 Å². The van der Waals surface area contributed by atoms with Crippen molar-refractivity contribution in [2.24, 2.45) is 5.73 Å². The van der Waals surface area contributed by atoms with Crippen molar-refractivity contribution in [3.8, 4) is 5.75 Å². The second-order valence-electron chi connectivity index (χ2n) is 5.56. The van der Waals surface area contributed by atoms with Gasteiger partial charge in [0.15, 0.2) is 6.10 Å². The minimum Gasteiger partial charge on any atom is -0.480 e. The Kier molecular flexibility index (Phi) is 5.00. The van der Waals surface area contributed by atoms with E-state index in [-0.39, 0.29) is 11.7 Å². The standard InChI is InChI=1S/C19H19N3O2S/c1-2-14(19(23)22-12-7-4-3-5-8-12)24-15-9-6-10-16-13(15)11-17(25-16)18(20)21/h3-11,14H,2H2,1H3,(H3,20,21)(H,22,23). The molecule has 1 atom stereocenters. The number of carbonyl (C=O) groups excluding carboxylic acids is 1. The number of fused-ring (bicyclic) bond motifs is 1. The van der Waals surface area contributed by atoms with E-state index in [2.05, 4.69) is 5.32 Å². The molecule has 0 bridgehead atoms. The highest BCUT2D eigenvalue weighted by molar-refractivity contribution is 7.20. The number of para-hydroxylation sites is 1. The Hall–Kier alpha value is -2.86. The number of benzene rings is 2. The lowest BCUT2D eigenvalue weighted by Gasteiger charge is -2.18. The van der Waals surface area contributed by atoms with Crippen LogP contribution < -0.4 is 15.8 Å². The average Bonchev–Trinajstić information content (AvgIpc) is 3.05. The number of nitrogens with one attached hydrogen (secondary N) is 2. The van der Waals surface area contributed by atoms with Gasteiger partial charge in [-0.25, -0.2) is 0 Å². The SMILES string of the molecule is CCC(Oc1cccc2sc(C(=N)N)cc12)C(=O)Nc1ccccc1. The lowest BCUT2D eigenvalue weighted by atomic mass is 10.2. The van der Waals surface area contributed by atoms with Crippen molar-refractivity contribution in [1.29, 1.82) is 5.41 Å². The highest BCUT2D eigenvalue weighted by Crippen LogP contribution is 2.33. The molecule has 0 saturated carbocycles. The number of amidine groups is 1. The number of anilines is 1. The minimum atomic E-state index is -0.605. The number of ether oxygens (including phenoxy) is 1. The number of hydrogen-bond acceptors (Lipinski definition) is 4. The monoisotopic (exact) mass is 353 g/mol. The first-order valence-corrected chi connectivity index (χ1v) is 8.79. The number of amides is 1. The largest absolute Gasteiger partial charge is 0.480 e. The number of carbonyl (C=O) groups is 1. The Morgan fingerprint density at radius 3 is 2.68 bits per heavy atom. The molecule has 0 radical (unpaired) electrons. The van der Waals surface area contributed by atoms with Crippen LogP contribution in [0.4, 0.5) is 5.69 Å². The van der Waals surface area contributed by atoms with Crippen molar-refractivity contribution in [3.05, 3.63) is 59.5 Å². The van der Waals surface area contributed by atoms with E-state index in [0.717, 1.165) is 15.8 Å². The van der Waals surface area contributed by atoms with Crippen LogP contribution in [0.15, 0.2) is 54.6 Å². The molecule has 5 nitrogen and oxygen atoms in total. The van der Waals surface area contributed by atoms with Gasteiger partial charge in [-0.3, -0.25) is 10.2 Å². The number of rotatable bonds is 6. The Morgan fingerprint density at radius 1 is 1.24 bits per heavy atom. The zero-order valence-electron chi connectivity index (χ0n) is 13.8. The third-order valence-electron chi connectivity index (χ3n) is 3.76. The van der Waals surface area contributed by atoms with Gasteiger partial charge in [-0.1, -0.05) is 31.2 Å². The molecule has 1 heterocycles. The fourth-order valence-electron chi connectivity index (χ4n) is 2.49. The van der Waals surface area contributed by atoms with E-state index in [9.17, 15) is 4.79 Å². The molecular formula is C19H19N3O2S. The maximum absolute atomic E-state index is 12.5. The van der Waals surface area contributed by atoms with Crippen LogP contribution in [0.25, 0.3) is 10.1 Å². The third kappa shape index (κ3) is 3.80. The second-order valence-corrected chi connectivity index (χ2v) is 6.65. The first kappa shape index (κ1) is 17.0. The summed E-state index contributed by atoms with van der Waals surface area (Å²) in [5.74, 6) is 0.463. The quantitative estimate of drug-likeness (QED) is 0.462. The summed E-state index contributed by atoms with van der Waals surface area (Å²) in [6.07, 6.45) is -0.0647. The summed E-state index contributed by atoms with van der Waals surface area (Å²) in [6, 6.07) is 16.8. The average molecular weight is 353 g/mol. The van der Waals surface area contributed by atoms with Crippen LogP contribution in [0.1, 0.15) is 18.2 Å². The molecule has 0 aliphatic carbocycles. The van der Waals surface area contributed by atoms with Crippen molar-refractivity contribution >= 4 is 38.9 Å². The second kappa shape index (κ2) is 7.36. The zero-order valence-corrected chi connectivity index (χ0v) is 14.6. The molecule has 0 fully saturated rings. The topological polar surface area (TPSA) is 88.2 Å². The minimum absolute atomic E-state index is 0.0287. The van der Waals surface area contributed by atoms with Gasteiger partial charge >= 0.3 is 0 Å². The summed E-state index contributed by atoms with van der Waals surface area (Å²) in [6.45, 7) is 1.91. The van der Waals surface area contributed by atoms with Crippen LogP contribution in [-0.4, -0.2) is 17.8 Å². The maximum atomic E-state index is 12.5. The van der Waals surface area contributed by atoms with Crippen LogP contribution in [0.5, 0.6) is 5.75 Å². The Labute approximate surface area is 149 Å². The van der Waals surface area contributed by atoms with Crippen LogP contribution >= 0.6 is 11.3 Å². The van der Waals surface area contributed by atoms with E-state index in [4.69, 9.17) is 15.9 Å². The van der Waals surface area contributed by atoms with Crippen molar-refractivity contribution in [3.63, 3.8) is 0 Å². The van der Waals surface area contributed by atoms with Gasteiger partial charge in [0.2, 0.25) is 0 Å². The fourth-order valence-corrected chi connectivity index (χ4v) is 3.43. The van der Waals surface area contributed by atoms with Crippen LogP contribution in [0.3, 0.4) is 0 Å². The van der Waals surface area contributed by atoms with Crippen molar-refractivity contribution < 1.29 is 9.53 Å². The fraction of sp³-hybridized carbons (Fsp3) is 0.158. The Bertz CT molecular complexity index is 905. The van der Waals surface area contributed by atoms with E-state index in [1.54, 1.807) is 0 Å². The van der Waals surface area contributed by atoms with E-state index in [1.807, 2.05) is 61.5 Å². The molecule has 3 rings (SSSR count). The molecule has 1 aromatic heterocycles. The van der Waals surface area contributed by atoms with Gasteiger partial charge in [-0.2, -0.15) is 0 Å². The Balaban J connectivity index is 1.83. The zero-order chi connectivity index (χ0) is 17.8. The van der Waals surface area contributed by atoms with Gasteiger partial charge in [0, 0.05) is 15.8 Å². The summed E-state index contributed by atoms with van der Waals surface area (Å²) in [5, 5.41) is 11.3. The van der Waals surface area contributed by atoms with Crippen LogP contribution in [0.2, 0.25) is 0 Å². The molecule has 0 spiro atoms. The van der Waals surface area contributed by atoms with Crippen LogP contribution in [0, 0.1) is 5.41 Å². The van der Waals surface area contributed by atoms with Gasteiger partial charge in [0.25, 0.3) is 5.91 Å². The van der Waals surface area contributed by atoms with Crippen LogP contribution in [-0.2, 0) is 4.79 Å². The first-order chi connectivity index (χ1) is 12.1. The highest BCUT2D eigenvalue weighted by atomic mass is 32.1. The molecular weight excluding hydrogens is 334 g/mol. The number of hydrogen-bond donors (Lipinski definition) is 3. The molecule has 0 aliphatic heterocycles. The predicted octanol–water partition coefficient (Wildman–Crippen LogP) is 3.98. The summed E-state index contributed by atoms with van der Waals surface area (Å²) in [5.41, 5.74) is 6.32. The van der Waals surface area contributed by atoms with Crippen molar-refractivity contribution in [2.75, 3.05) is 5.32 Å². The van der Waals surface area contributed by atoms with E-state index < -0.39 is 6.10 Å². The Morgan fingerprint density at radius 2 is 2.00 bits per heavy atom. The number of nitrogen functional groups attached to an aromatic ring is 1. The smallest absolute Gasteiger partial charge is 0.265 e. The molecule has 2 aromatic carbocycles. The molecule has 0 saturated heterocycles. The lowest BCUT2D eigenvalue weighted by Crippen LogP contribution is -2.32. The molecule has 6 heteroatoms. The summed E-state index contributed by atoms with van der Waals surface area (Å²) < 4.78 is 6.96. The van der Waals surface area contributed by atoms with Gasteiger partial charge < -0.3 is 15.8 Å². The number of nitrogens with two attached hydrogens (primary N) is 1. The molecule has 1 unspecified atom stereocenters. The summed E-state index contributed by atoms with van der Waals surface area (Å²) >= 11 is 1.44. The van der Waals surface area contributed by atoms with E-state index in [1.165, 1.54) is 11.3 Å². The van der Waals surface area contributed by atoms with Gasteiger partial charge in [-0.15, -0.1) is 11.3 Å². The molecule has 1 amide bonds. The lowest BCUT2D eigenvalue weighted by molar-refractivity contribution is -0.122. The normalized spacial score (nSPS) is 11.9. The predicted molar refractivity (Wildman–Crippen MR) is 103 cm³/mol. The third-order valence-corrected chi connectivity index (χ3v) is 4.89.